The molecule has 190 valence electrons. The van der Waals surface area contributed by atoms with Crippen LogP contribution in [0.1, 0.15) is 28.8 Å². The quantitative estimate of drug-likeness (QED) is 0.329. The molecule has 4 rings (SSSR count). The van der Waals surface area contributed by atoms with Crippen molar-refractivity contribution in [2.45, 2.75) is 39.0 Å². The zero-order chi connectivity index (χ0) is 25.5. The summed E-state index contributed by atoms with van der Waals surface area (Å²) in [5, 5.41) is 5.49. The number of halogens is 2. The monoisotopic (exact) mass is 545 g/mol. The Labute approximate surface area is 225 Å². The molecule has 3 amide bonds. The average Bonchev–Trinajstić information content (AvgIpc) is 3.53. The third-order valence-corrected chi connectivity index (χ3v) is 7.77. The van der Waals surface area contributed by atoms with Crippen molar-refractivity contribution in [3.8, 4) is 0 Å². The first kappa shape index (κ1) is 26.5. The highest BCUT2D eigenvalue weighted by Gasteiger charge is 2.27. The lowest BCUT2D eigenvalue weighted by molar-refractivity contribution is -0.133. The normalized spacial score (nSPS) is 15.0. The Hall–Kier alpha value is -2.58. The lowest BCUT2D eigenvalue weighted by Crippen LogP contribution is -2.46. The zero-order valence-electron chi connectivity index (χ0n) is 20.1. The van der Waals surface area contributed by atoms with E-state index in [0.29, 0.717) is 42.0 Å². The molecule has 6 nitrogen and oxygen atoms in total. The minimum atomic E-state index is -0.444. The minimum absolute atomic E-state index is 0.0922. The number of hydrogen-bond acceptors (Lipinski definition) is 4. The molecule has 0 saturated carbocycles. The van der Waals surface area contributed by atoms with Gasteiger partial charge in [0.25, 0.3) is 0 Å². The van der Waals surface area contributed by atoms with Gasteiger partial charge in [0.1, 0.15) is 6.54 Å². The van der Waals surface area contributed by atoms with E-state index in [0.717, 1.165) is 28.8 Å². The second-order valence-electron chi connectivity index (χ2n) is 8.80. The average molecular weight is 547 g/mol. The maximum atomic E-state index is 13.7. The molecule has 1 unspecified atom stereocenters. The van der Waals surface area contributed by atoms with Crippen LogP contribution in [0.2, 0.25) is 10.0 Å². The second-order valence-corrected chi connectivity index (χ2v) is 10.6. The van der Waals surface area contributed by atoms with E-state index >= 15 is 0 Å². The Bertz CT molecular complexity index is 1160. The maximum absolute atomic E-state index is 13.7. The van der Waals surface area contributed by atoms with Crippen LogP contribution in [0.4, 0.5) is 10.5 Å². The first-order chi connectivity index (χ1) is 17.4. The summed E-state index contributed by atoms with van der Waals surface area (Å²) in [6, 6.07) is 16.5. The van der Waals surface area contributed by atoms with E-state index in [4.69, 9.17) is 27.9 Å². The fraction of sp³-hybridized carbons (Fsp3) is 0.333. The van der Waals surface area contributed by atoms with Crippen LogP contribution < -0.4 is 5.32 Å². The van der Waals surface area contributed by atoms with Crippen LogP contribution >= 0.6 is 34.5 Å². The van der Waals surface area contributed by atoms with E-state index in [1.807, 2.05) is 42.6 Å². The fourth-order valence-electron chi connectivity index (χ4n) is 4.10. The molecule has 36 heavy (non-hydrogen) atoms. The molecular formula is C27H29Cl2N3O3S. The number of aryl methyl sites for hydroxylation is 1. The topological polar surface area (TPSA) is 61.9 Å². The highest BCUT2D eigenvalue weighted by Crippen LogP contribution is 2.30. The van der Waals surface area contributed by atoms with Gasteiger partial charge in [0.05, 0.1) is 28.4 Å². The number of amides is 3. The van der Waals surface area contributed by atoms with Crippen LogP contribution in [0.5, 0.6) is 0 Å². The number of benzene rings is 2. The zero-order valence-corrected chi connectivity index (χ0v) is 22.4. The van der Waals surface area contributed by atoms with Crippen molar-refractivity contribution in [3.05, 3.63) is 86.0 Å². The Kier molecular flexibility index (Phi) is 9.26. The molecular weight excluding hydrogens is 517 g/mol. The highest BCUT2D eigenvalue weighted by atomic mass is 35.5. The number of ether oxygens (including phenoxy) is 1. The summed E-state index contributed by atoms with van der Waals surface area (Å²) in [5.74, 6) is -0.148. The van der Waals surface area contributed by atoms with Crippen LogP contribution in [-0.2, 0) is 22.6 Å². The van der Waals surface area contributed by atoms with Gasteiger partial charge >= 0.3 is 6.03 Å². The van der Waals surface area contributed by atoms with Crippen molar-refractivity contribution in [2.24, 2.45) is 0 Å². The van der Waals surface area contributed by atoms with Gasteiger partial charge in [-0.25, -0.2) is 4.79 Å². The van der Waals surface area contributed by atoms with E-state index in [1.54, 1.807) is 34.4 Å². The third kappa shape index (κ3) is 7.01. The predicted octanol–water partition coefficient (Wildman–Crippen LogP) is 6.61. The van der Waals surface area contributed by atoms with E-state index < -0.39 is 6.03 Å². The van der Waals surface area contributed by atoms with Crippen molar-refractivity contribution in [3.63, 3.8) is 0 Å². The number of nitrogens with zero attached hydrogens (tertiary/aromatic N) is 2. The van der Waals surface area contributed by atoms with Crippen molar-refractivity contribution < 1.29 is 14.3 Å². The number of urea groups is 1. The standard InChI is InChI=1S/C27H29Cl2N3O3S/c1-19-12-14-36-24(19)17-31(15-20-7-3-2-4-8-20)25(33)18-32(16-21-9-6-13-35-21)27(34)30-26-22(28)10-5-11-23(26)29/h2-5,7-8,10-12,14,21H,6,9,13,15-18H2,1H3,(H,30,34). The molecule has 1 aromatic heterocycles. The van der Waals surface area contributed by atoms with Gasteiger partial charge in [0.2, 0.25) is 5.91 Å². The van der Waals surface area contributed by atoms with Crippen LogP contribution in [0, 0.1) is 6.92 Å². The van der Waals surface area contributed by atoms with Crippen LogP contribution in [0.3, 0.4) is 0 Å². The number of carbonyl (C=O) groups excluding carboxylic acids is 2. The Morgan fingerprint density at radius 3 is 2.42 bits per heavy atom. The molecule has 1 N–H and O–H groups in total. The van der Waals surface area contributed by atoms with Gasteiger partial charge in [-0.2, -0.15) is 0 Å². The molecule has 0 radical (unpaired) electrons. The summed E-state index contributed by atoms with van der Waals surface area (Å²) in [6.45, 7) is 3.83. The van der Waals surface area contributed by atoms with E-state index in [9.17, 15) is 9.59 Å². The molecule has 9 heteroatoms. The summed E-state index contributed by atoms with van der Waals surface area (Å²) in [7, 11) is 0. The van der Waals surface area contributed by atoms with Gasteiger partial charge in [-0.1, -0.05) is 59.6 Å². The van der Waals surface area contributed by atoms with E-state index in [-0.39, 0.29) is 18.6 Å². The number of rotatable bonds is 9. The van der Waals surface area contributed by atoms with Gasteiger partial charge in [-0.05, 0) is 54.5 Å². The molecule has 0 spiro atoms. The van der Waals surface area contributed by atoms with Gasteiger partial charge in [0, 0.05) is 24.6 Å². The number of thiophene rings is 1. The third-order valence-electron chi connectivity index (χ3n) is 6.13. The number of nitrogens with one attached hydrogen (secondary N) is 1. The summed E-state index contributed by atoms with van der Waals surface area (Å²) < 4.78 is 5.77. The summed E-state index contributed by atoms with van der Waals surface area (Å²) in [4.78, 5) is 31.5. The fourth-order valence-corrected chi connectivity index (χ4v) is 5.51. The largest absolute Gasteiger partial charge is 0.376 e. The SMILES string of the molecule is Cc1ccsc1CN(Cc1ccccc1)C(=O)CN(CC1CCCO1)C(=O)Nc1c(Cl)cccc1Cl. The Morgan fingerprint density at radius 2 is 1.78 bits per heavy atom. The first-order valence-corrected chi connectivity index (χ1v) is 13.5. The summed E-state index contributed by atoms with van der Waals surface area (Å²) >= 11 is 14.2. The van der Waals surface area contributed by atoms with E-state index in [2.05, 4.69) is 11.4 Å². The number of para-hydroxylation sites is 1. The van der Waals surface area contributed by atoms with Gasteiger partial charge in [-0.15, -0.1) is 11.3 Å². The lowest BCUT2D eigenvalue weighted by Gasteiger charge is -2.29. The van der Waals surface area contributed by atoms with Gasteiger partial charge in [-0.3, -0.25) is 4.79 Å². The molecule has 2 heterocycles. The molecule has 1 aliphatic heterocycles. The van der Waals surface area contributed by atoms with Crippen LogP contribution in [0.15, 0.2) is 60.0 Å². The van der Waals surface area contributed by atoms with E-state index in [1.165, 1.54) is 4.90 Å². The number of anilines is 1. The van der Waals surface area contributed by atoms with Crippen LogP contribution in [-0.4, -0.2) is 47.5 Å². The first-order valence-electron chi connectivity index (χ1n) is 11.9. The number of hydrogen-bond donors (Lipinski definition) is 1. The molecule has 2 aromatic carbocycles. The van der Waals surface area contributed by atoms with Crippen molar-refractivity contribution in [1.82, 2.24) is 9.80 Å². The molecule has 1 saturated heterocycles. The van der Waals surface area contributed by atoms with Gasteiger partial charge < -0.3 is 19.9 Å². The second kappa shape index (κ2) is 12.6. The number of carbonyl (C=O) groups is 2. The highest BCUT2D eigenvalue weighted by molar-refractivity contribution is 7.10. The summed E-state index contributed by atoms with van der Waals surface area (Å²) in [5.41, 5.74) is 2.50. The van der Waals surface area contributed by atoms with Crippen molar-refractivity contribution in [1.29, 1.82) is 0 Å². The smallest absolute Gasteiger partial charge is 0.322 e. The lowest BCUT2D eigenvalue weighted by atomic mass is 10.2. The van der Waals surface area contributed by atoms with Gasteiger partial charge in [0.15, 0.2) is 0 Å². The molecule has 0 aliphatic carbocycles. The summed E-state index contributed by atoms with van der Waals surface area (Å²) in [6.07, 6.45) is 1.65. The molecule has 3 aromatic rings. The predicted molar refractivity (Wildman–Crippen MR) is 146 cm³/mol. The minimum Gasteiger partial charge on any atom is -0.376 e. The van der Waals surface area contributed by atoms with Crippen molar-refractivity contribution >= 4 is 52.2 Å². The molecule has 1 fully saturated rings. The maximum Gasteiger partial charge on any atom is 0.322 e. The Balaban J connectivity index is 1.54. The van der Waals surface area contributed by atoms with Crippen molar-refractivity contribution in [2.75, 3.05) is 25.0 Å². The Morgan fingerprint density at radius 1 is 1.03 bits per heavy atom. The van der Waals surface area contributed by atoms with Crippen LogP contribution in [0.25, 0.3) is 0 Å². The molecule has 1 atom stereocenters. The molecule has 1 aliphatic rings. The molecule has 0 bridgehead atoms.